The van der Waals surface area contributed by atoms with Gasteiger partial charge < -0.3 is 10.3 Å². The first-order valence-corrected chi connectivity index (χ1v) is 7.80. The number of nitrogens with zero attached hydrogens (tertiary/aromatic N) is 1. The number of thiophene rings is 1. The standard InChI is InChI=1S/C12H15N3O2S2/c1-3-4-13-9(16)6-18-12-14-10(17)8-5-7(2)19-11(8)15-12/h5H,3-4,6H2,1-2H3,(H,13,16)(H,14,15,17). The zero-order chi connectivity index (χ0) is 13.8. The maximum Gasteiger partial charge on any atom is 0.260 e. The number of aromatic nitrogens is 2. The topological polar surface area (TPSA) is 74.8 Å². The lowest BCUT2D eigenvalue weighted by atomic mass is 10.4. The predicted molar refractivity (Wildman–Crippen MR) is 79.0 cm³/mol. The van der Waals surface area contributed by atoms with Crippen molar-refractivity contribution in [1.29, 1.82) is 0 Å². The maximum absolute atomic E-state index is 11.8. The minimum atomic E-state index is -0.147. The fourth-order valence-corrected chi connectivity index (χ4v) is 3.18. The molecule has 0 aliphatic heterocycles. The monoisotopic (exact) mass is 297 g/mol. The minimum absolute atomic E-state index is 0.0445. The molecular weight excluding hydrogens is 282 g/mol. The molecule has 0 fully saturated rings. The Bertz CT molecular complexity index is 648. The molecule has 7 heteroatoms. The summed E-state index contributed by atoms with van der Waals surface area (Å²) in [6, 6.07) is 1.83. The summed E-state index contributed by atoms with van der Waals surface area (Å²) in [4.78, 5) is 32.1. The van der Waals surface area contributed by atoms with Crippen LogP contribution in [0.15, 0.2) is 16.0 Å². The van der Waals surface area contributed by atoms with E-state index in [2.05, 4.69) is 15.3 Å². The Kier molecular flexibility index (Phi) is 4.60. The zero-order valence-corrected chi connectivity index (χ0v) is 12.4. The summed E-state index contributed by atoms with van der Waals surface area (Å²) >= 11 is 2.73. The number of fused-ring (bicyclic) bond motifs is 1. The average molecular weight is 297 g/mol. The summed E-state index contributed by atoms with van der Waals surface area (Å²) in [5.41, 5.74) is -0.147. The van der Waals surface area contributed by atoms with E-state index in [-0.39, 0.29) is 17.2 Å². The molecule has 0 saturated carbocycles. The fraction of sp³-hybridized carbons (Fsp3) is 0.417. The van der Waals surface area contributed by atoms with Crippen LogP contribution in [0.5, 0.6) is 0 Å². The largest absolute Gasteiger partial charge is 0.355 e. The summed E-state index contributed by atoms with van der Waals surface area (Å²) in [5, 5.41) is 3.89. The molecule has 0 radical (unpaired) electrons. The van der Waals surface area contributed by atoms with Gasteiger partial charge in [0, 0.05) is 11.4 Å². The van der Waals surface area contributed by atoms with Gasteiger partial charge in [0.15, 0.2) is 5.16 Å². The van der Waals surface area contributed by atoms with Crippen LogP contribution in [0.3, 0.4) is 0 Å². The Morgan fingerprint density at radius 1 is 1.58 bits per heavy atom. The number of H-pyrrole nitrogens is 1. The molecule has 2 aromatic rings. The Morgan fingerprint density at radius 3 is 3.11 bits per heavy atom. The SMILES string of the molecule is CCCNC(=O)CSc1nc2sc(C)cc2c(=O)[nH]1. The van der Waals surface area contributed by atoms with Crippen molar-refractivity contribution < 1.29 is 4.79 Å². The molecule has 2 N–H and O–H groups in total. The van der Waals surface area contributed by atoms with Crippen LogP contribution in [-0.2, 0) is 4.79 Å². The van der Waals surface area contributed by atoms with Crippen molar-refractivity contribution in [2.45, 2.75) is 25.4 Å². The van der Waals surface area contributed by atoms with Gasteiger partial charge in [0.1, 0.15) is 4.83 Å². The quantitative estimate of drug-likeness (QED) is 0.653. The third-order valence-electron chi connectivity index (χ3n) is 2.42. The van der Waals surface area contributed by atoms with Crippen LogP contribution in [0.2, 0.25) is 0 Å². The van der Waals surface area contributed by atoms with Crippen LogP contribution in [0, 0.1) is 6.92 Å². The van der Waals surface area contributed by atoms with Gasteiger partial charge in [0.05, 0.1) is 11.1 Å². The predicted octanol–water partition coefficient (Wildman–Crippen LogP) is 1.91. The van der Waals surface area contributed by atoms with Gasteiger partial charge >= 0.3 is 0 Å². The summed E-state index contributed by atoms with van der Waals surface area (Å²) < 4.78 is 0. The first kappa shape index (κ1) is 14.1. The molecule has 0 aliphatic carbocycles. The van der Waals surface area contributed by atoms with Crippen LogP contribution < -0.4 is 10.9 Å². The van der Waals surface area contributed by atoms with E-state index in [9.17, 15) is 9.59 Å². The molecule has 0 aliphatic rings. The molecular formula is C12H15N3O2S2. The van der Waals surface area contributed by atoms with Crippen molar-refractivity contribution in [1.82, 2.24) is 15.3 Å². The number of aryl methyl sites for hydroxylation is 1. The van der Waals surface area contributed by atoms with Gasteiger partial charge in [0.2, 0.25) is 5.91 Å². The lowest BCUT2D eigenvalue weighted by Gasteiger charge is -2.02. The normalized spacial score (nSPS) is 10.8. The summed E-state index contributed by atoms with van der Waals surface area (Å²) in [7, 11) is 0. The molecule has 19 heavy (non-hydrogen) atoms. The molecule has 0 spiro atoms. The molecule has 0 unspecified atom stereocenters. The van der Waals surface area contributed by atoms with Crippen molar-refractivity contribution in [3.63, 3.8) is 0 Å². The highest BCUT2D eigenvalue weighted by atomic mass is 32.2. The minimum Gasteiger partial charge on any atom is -0.355 e. The molecule has 0 bridgehead atoms. The van der Waals surface area contributed by atoms with Gasteiger partial charge in [-0.3, -0.25) is 9.59 Å². The molecule has 0 aromatic carbocycles. The van der Waals surface area contributed by atoms with E-state index >= 15 is 0 Å². The van der Waals surface area contributed by atoms with Gasteiger partial charge in [-0.1, -0.05) is 18.7 Å². The molecule has 2 heterocycles. The Morgan fingerprint density at radius 2 is 2.37 bits per heavy atom. The number of hydrogen-bond acceptors (Lipinski definition) is 5. The smallest absolute Gasteiger partial charge is 0.260 e. The summed E-state index contributed by atoms with van der Waals surface area (Å²) in [6.45, 7) is 4.61. The van der Waals surface area contributed by atoms with E-state index in [0.717, 1.165) is 16.1 Å². The van der Waals surface area contributed by atoms with Crippen LogP contribution in [0.25, 0.3) is 10.2 Å². The molecule has 5 nitrogen and oxygen atoms in total. The second-order valence-electron chi connectivity index (χ2n) is 4.09. The molecule has 0 atom stereocenters. The Balaban J connectivity index is 2.09. The number of aromatic amines is 1. The third kappa shape index (κ3) is 3.57. The van der Waals surface area contributed by atoms with E-state index in [4.69, 9.17) is 0 Å². The maximum atomic E-state index is 11.8. The lowest BCUT2D eigenvalue weighted by Crippen LogP contribution is -2.25. The molecule has 1 amide bonds. The van der Waals surface area contributed by atoms with Crippen molar-refractivity contribution in [2.24, 2.45) is 0 Å². The molecule has 2 aromatic heterocycles. The van der Waals surface area contributed by atoms with Gasteiger partial charge in [0.25, 0.3) is 5.56 Å². The highest BCUT2D eigenvalue weighted by molar-refractivity contribution is 7.99. The van der Waals surface area contributed by atoms with E-state index in [1.165, 1.54) is 23.1 Å². The lowest BCUT2D eigenvalue weighted by molar-refractivity contribution is -0.118. The number of amides is 1. The van der Waals surface area contributed by atoms with E-state index in [1.807, 2.05) is 19.9 Å². The fourth-order valence-electron chi connectivity index (χ4n) is 1.55. The van der Waals surface area contributed by atoms with Gasteiger partial charge in [-0.15, -0.1) is 11.3 Å². The van der Waals surface area contributed by atoms with Crippen LogP contribution in [0.1, 0.15) is 18.2 Å². The first-order chi connectivity index (χ1) is 9.10. The van der Waals surface area contributed by atoms with E-state index < -0.39 is 0 Å². The van der Waals surface area contributed by atoms with Crippen molar-refractivity contribution in [3.8, 4) is 0 Å². The number of thioether (sulfide) groups is 1. The van der Waals surface area contributed by atoms with Gasteiger partial charge in [-0.25, -0.2) is 4.98 Å². The third-order valence-corrected chi connectivity index (χ3v) is 4.23. The van der Waals surface area contributed by atoms with E-state index in [1.54, 1.807) is 0 Å². The van der Waals surface area contributed by atoms with Gasteiger partial charge in [-0.2, -0.15) is 0 Å². The second-order valence-corrected chi connectivity index (χ2v) is 6.28. The number of rotatable bonds is 5. The Hall–Kier alpha value is -1.34. The highest BCUT2D eigenvalue weighted by Gasteiger charge is 2.09. The molecule has 0 saturated heterocycles. The molecule has 102 valence electrons. The number of carbonyl (C=O) groups excluding carboxylic acids is 1. The second kappa shape index (κ2) is 6.21. The number of carbonyl (C=O) groups is 1. The summed E-state index contributed by atoms with van der Waals surface area (Å²) in [5.74, 6) is 0.218. The van der Waals surface area contributed by atoms with Crippen LogP contribution >= 0.6 is 23.1 Å². The first-order valence-electron chi connectivity index (χ1n) is 6.00. The van der Waals surface area contributed by atoms with Crippen molar-refractivity contribution in [2.75, 3.05) is 12.3 Å². The number of hydrogen-bond donors (Lipinski definition) is 2. The van der Waals surface area contributed by atoms with Gasteiger partial charge in [-0.05, 0) is 19.4 Å². The van der Waals surface area contributed by atoms with Crippen LogP contribution in [-0.4, -0.2) is 28.2 Å². The molecule has 2 rings (SSSR count). The van der Waals surface area contributed by atoms with Crippen molar-refractivity contribution in [3.05, 3.63) is 21.3 Å². The average Bonchev–Trinajstić information content (AvgIpc) is 2.75. The van der Waals surface area contributed by atoms with Crippen LogP contribution in [0.4, 0.5) is 0 Å². The highest BCUT2D eigenvalue weighted by Crippen LogP contribution is 2.22. The number of nitrogens with one attached hydrogen (secondary N) is 2. The summed E-state index contributed by atoms with van der Waals surface area (Å²) in [6.07, 6.45) is 0.909. The zero-order valence-electron chi connectivity index (χ0n) is 10.8. The van der Waals surface area contributed by atoms with E-state index in [0.29, 0.717) is 17.1 Å². The van der Waals surface area contributed by atoms with Crippen molar-refractivity contribution >= 4 is 39.2 Å². The Labute approximate surface area is 118 Å².